The number of aryl methyl sites for hydroxylation is 1. The van der Waals surface area contributed by atoms with Gasteiger partial charge in [0.05, 0.1) is 10.6 Å². The van der Waals surface area contributed by atoms with Gasteiger partial charge in [-0.25, -0.2) is 9.37 Å². The highest BCUT2D eigenvalue weighted by Gasteiger charge is 2.09. The number of amides is 1. The quantitative estimate of drug-likeness (QED) is 0.868. The van der Waals surface area contributed by atoms with E-state index in [2.05, 4.69) is 10.3 Å². The molecule has 0 bridgehead atoms. The number of hydrogen-bond donors (Lipinski definition) is 1. The highest BCUT2D eigenvalue weighted by atomic mass is 35.5. The molecule has 6 heteroatoms. The van der Waals surface area contributed by atoms with Crippen molar-refractivity contribution in [2.75, 3.05) is 6.54 Å². The molecule has 0 saturated heterocycles. The van der Waals surface area contributed by atoms with Crippen LogP contribution in [0.15, 0.2) is 30.5 Å². The van der Waals surface area contributed by atoms with Crippen LogP contribution in [0.25, 0.3) is 0 Å². The minimum Gasteiger partial charge on any atom is -0.352 e. The van der Waals surface area contributed by atoms with E-state index in [0.717, 1.165) is 11.1 Å². The Morgan fingerprint density at radius 1 is 1.33 bits per heavy atom. The summed E-state index contributed by atoms with van der Waals surface area (Å²) in [5, 5.41) is 3.16. The smallest absolute Gasteiger partial charge is 0.252 e. The number of nitrogens with one attached hydrogen (secondary N) is 1. The highest BCUT2D eigenvalue weighted by molar-refractivity contribution is 6.41. The van der Waals surface area contributed by atoms with Crippen LogP contribution in [-0.2, 0) is 6.42 Å². The third kappa shape index (κ3) is 4.16. The predicted molar refractivity (Wildman–Crippen MR) is 81.4 cm³/mol. The molecule has 1 amide bonds. The van der Waals surface area contributed by atoms with Crippen LogP contribution < -0.4 is 5.32 Å². The van der Waals surface area contributed by atoms with Crippen molar-refractivity contribution < 1.29 is 9.18 Å². The Hall–Kier alpha value is -1.65. The first kappa shape index (κ1) is 15.7. The Morgan fingerprint density at radius 2 is 2.10 bits per heavy atom. The molecule has 1 aromatic heterocycles. The van der Waals surface area contributed by atoms with Crippen LogP contribution in [0.2, 0.25) is 10.2 Å². The fourth-order valence-electron chi connectivity index (χ4n) is 1.90. The molecule has 0 unspecified atom stereocenters. The van der Waals surface area contributed by atoms with Gasteiger partial charge in [-0.05, 0) is 42.7 Å². The zero-order valence-electron chi connectivity index (χ0n) is 11.3. The Kier molecular flexibility index (Phi) is 5.15. The number of pyridine rings is 1. The van der Waals surface area contributed by atoms with Gasteiger partial charge in [-0.2, -0.15) is 0 Å². The summed E-state index contributed by atoms with van der Waals surface area (Å²) in [6, 6.07) is 6.07. The van der Waals surface area contributed by atoms with Gasteiger partial charge in [0.1, 0.15) is 11.0 Å². The molecule has 1 N–H and O–H groups in total. The fourth-order valence-corrected chi connectivity index (χ4v) is 2.17. The van der Waals surface area contributed by atoms with Crippen molar-refractivity contribution in [2.24, 2.45) is 0 Å². The molecule has 0 spiro atoms. The lowest BCUT2D eigenvalue weighted by Gasteiger charge is -2.08. The van der Waals surface area contributed by atoms with E-state index >= 15 is 0 Å². The van der Waals surface area contributed by atoms with Crippen LogP contribution in [-0.4, -0.2) is 17.4 Å². The SMILES string of the molecule is Cc1cc(F)ccc1CCNC(=O)c1cnc(Cl)c(Cl)c1. The maximum Gasteiger partial charge on any atom is 0.252 e. The monoisotopic (exact) mass is 326 g/mol. The zero-order valence-corrected chi connectivity index (χ0v) is 12.8. The van der Waals surface area contributed by atoms with Crippen molar-refractivity contribution in [3.8, 4) is 0 Å². The topological polar surface area (TPSA) is 42.0 Å². The van der Waals surface area contributed by atoms with Gasteiger partial charge in [-0.3, -0.25) is 4.79 Å². The number of carbonyl (C=O) groups excluding carboxylic acids is 1. The van der Waals surface area contributed by atoms with Crippen LogP contribution in [0.4, 0.5) is 4.39 Å². The van der Waals surface area contributed by atoms with E-state index < -0.39 is 0 Å². The van der Waals surface area contributed by atoms with E-state index in [4.69, 9.17) is 23.2 Å². The summed E-state index contributed by atoms with van der Waals surface area (Å²) in [6.07, 6.45) is 1.99. The van der Waals surface area contributed by atoms with Crippen LogP contribution in [0.3, 0.4) is 0 Å². The first-order valence-corrected chi connectivity index (χ1v) is 7.07. The average Bonchev–Trinajstić information content (AvgIpc) is 2.44. The van der Waals surface area contributed by atoms with Gasteiger partial charge in [0, 0.05) is 12.7 Å². The molecular formula is C15H13Cl2FN2O. The number of halogens is 3. The van der Waals surface area contributed by atoms with Crippen molar-refractivity contribution in [1.82, 2.24) is 10.3 Å². The van der Waals surface area contributed by atoms with Crippen LogP contribution in [0.1, 0.15) is 21.5 Å². The van der Waals surface area contributed by atoms with Crippen LogP contribution >= 0.6 is 23.2 Å². The lowest BCUT2D eigenvalue weighted by Crippen LogP contribution is -2.26. The van der Waals surface area contributed by atoms with Crippen LogP contribution in [0.5, 0.6) is 0 Å². The predicted octanol–water partition coefficient (Wildman–Crippen LogP) is 3.81. The molecule has 0 saturated carbocycles. The maximum absolute atomic E-state index is 13.0. The normalized spacial score (nSPS) is 10.5. The molecule has 0 atom stereocenters. The second kappa shape index (κ2) is 6.87. The van der Waals surface area contributed by atoms with Gasteiger partial charge in [-0.15, -0.1) is 0 Å². The maximum atomic E-state index is 13.0. The molecular weight excluding hydrogens is 314 g/mol. The summed E-state index contributed by atoms with van der Waals surface area (Å²) in [5.74, 6) is -0.539. The Morgan fingerprint density at radius 3 is 2.76 bits per heavy atom. The molecule has 0 aliphatic heterocycles. The lowest BCUT2D eigenvalue weighted by molar-refractivity contribution is 0.0953. The van der Waals surface area contributed by atoms with Gasteiger partial charge in [0.2, 0.25) is 0 Å². The van der Waals surface area contributed by atoms with Gasteiger partial charge >= 0.3 is 0 Å². The van der Waals surface area contributed by atoms with Gasteiger partial charge in [0.25, 0.3) is 5.91 Å². The van der Waals surface area contributed by atoms with Gasteiger partial charge < -0.3 is 5.32 Å². The van der Waals surface area contributed by atoms with Crippen molar-refractivity contribution in [2.45, 2.75) is 13.3 Å². The fraction of sp³-hybridized carbons (Fsp3) is 0.200. The molecule has 1 aromatic carbocycles. The minimum atomic E-state index is -0.277. The standard InChI is InChI=1S/C15H13Cl2FN2O/c1-9-6-12(18)3-2-10(9)4-5-19-15(21)11-7-13(16)14(17)20-8-11/h2-3,6-8H,4-5H2,1H3,(H,19,21). The molecule has 1 heterocycles. The lowest BCUT2D eigenvalue weighted by atomic mass is 10.1. The summed E-state index contributed by atoms with van der Waals surface area (Å²) < 4.78 is 13.0. The Bertz CT molecular complexity index is 677. The van der Waals surface area contributed by atoms with E-state index in [0.29, 0.717) is 18.5 Å². The third-order valence-electron chi connectivity index (χ3n) is 3.04. The van der Waals surface area contributed by atoms with Crippen LogP contribution in [0, 0.1) is 12.7 Å². The molecule has 2 aromatic rings. The number of benzene rings is 1. The van der Waals surface area contributed by atoms with Gasteiger partial charge in [-0.1, -0.05) is 29.3 Å². The third-order valence-corrected chi connectivity index (χ3v) is 3.73. The van der Waals surface area contributed by atoms with Crippen molar-refractivity contribution >= 4 is 29.1 Å². The number of aromatic nitrogens is 1. The Balaban J connectivity index is 1.93. The van der Waals surface area contributed by atoms with Crippen molar-refractivity contribution in [3.05, 3.63) is 63.1 Å². The molecule has 3 nitrogen and oxygen atoms in total. The van der Waals surface area contributed by atoms with E-state index in [9.17, 15) is 9.18 Å². The number of hydrogen-bond acceptors (Lipinski definition) is 2. The molecule has 21 heavy (non-hydrogen) atoms. The second-order valence-corrected chi connectivity index (χ2v) is 5.34. The number of carbonyl (C=O) groups is 1. The summed E-state index contributed by atoms with van der Waals surface area (Å²) in [5.41, 5.74) is 2.20. The van der Waals surface area contributed by atoms with Crippen molar-refractivity contribution in [3.63, 3.8) is 0 Å². The number of rotatable bonds is 4. The molecule has 2 rings (SSSR count). The summed E-state index contributed by atoms with van der Waals surface area (Å²) in [6.45, 7) is 2.27. The molecule has 0 aliphatic rings. The second-order valence-electron chi connectivity index (χ2n) is 4.57. The van der Waals surface area contributed by atoms with E-state index in [1.165, 1.54) is 24.4 Å². The molecule has 110 valence electrons. The molecule has 0 fully saturated rings. The minimum absolute atomic E-state index is 0.162. The first-order valence-electron chi connectivity index (χ1n) is 6.31. The van der Waals surface area contributed by atoms with Crippen molar-refractivity contribution in [1.29, 1.82) is 0 Å². The molecule has 0 radical (unpaired) electrons. The summed E-state index contributed by atoms with van der Waals surface area (Å²) in [7, 11) is 0. The number of nitrogens with zero attached hydrogens (tertiary/aromatic N) is 1. The van der Waals surface area contributed by atoms with Gasteiger partial charge in [0.15, 0.2) is 0 Å². The summed E-state index contributed by atoms with van der Waals surface area (Å²) in [4.78, 5) is 15.7. The Labute approximate surface area is 132 Å². The largest absolute Gasteiger partial charge is 0.352 e. The summed E-state index contributed by atoms with van der Waals surface area (Å²) >= 11 is 11.5. The zero-order chi connectivity index (χ0) is 15.4. The van der Waals surface area contributed by atoms with E-state index in [-0.39, 0.29) is 21.9 Å². The average molecular weight is 327 g/mol. The first-order chi connectivity index (χ1) is 9.97. The molecule has 0 aliphatic carbocycles. The highest BCUT2D eigenvalue weighted by Crippen LogP contribution is 2.19. The van der Waals surface area contributed by atoms with E-state index in [1.54, 1.807) is 6.07 Å². The van der Waals surface area contributed by atoms with E-state index in [1.807, 2.05) is 6.92 Å².